The van der Waals surface area contributed by atoms with Gasteiger partial charge < -0.3 is 10.2 Å². The van der Waals surface area contributed by atoms with Crippen LogP contribution < -0.4 is 16.0 Å². The lowest BCUT2D eigenvalue weighted by molar-refractivity contribution is 0.494. The Morgan fingerprint density at radius 2 is 2.17 bits per heavy atom. The molecule has 0 aliphatic rings. The monoisotopic (exact) mass is 249 g/mol. The number of allylic oxidation sites excluding steroid dienone is 2. The number of nitrogens with zero attached hydrogens (tertiary/aromatic N) is 1. The van der Waals surface area contributed by atoms with Crippen molar-refractivity contribution in [3.63, 3.8) is 0 Å². The summed E-state index contributed by atoms with van der Waals surface area (Å²) >= 11 is 0. The SMILES string of the molecule is C/C=C/C(=N/C=C(\C)NN)Oc1ccccc1F. The summed E-state index contributed by atoms with van der Waals surface area (Å²) in [6.45, 7) is 3.57. The molecular formula is C13H16FN3O. The molecule has 0 fully saturated rings. The number of halogens is 1. The van der Waals surface area contributed by atoms with E-state index in [0.717, 1.165) is 0 Å². The molecule has 4 nitrogen and oxygen atoms in total. The lowest BCUT2D eigenvalue weighted by Gasteiger charge is -2.05. The molecule has 18 heavy (non-hydrogen) atoms. The Hall–Kier alpha value is -2.14. The predicted octanol–water partition coefficient (Wildman–Crippen LogP) is 2.50. The van der Waals surface area contributed by atoms with Crippen molar-refractivity contribution >= 4 is 5.90 Å². The fourth-order valence-electron chi connectivity index (χ4n) is 1.08. The van der Waals surface area contributed by atoms with E-state index in [1.807, 2.05) is 6.92 Å². The standard InChI is InChI=1S/C13H16FN3O/c1-3-6-13(16-9-10(2)17-15)18-12-8-5-4-7-11(12)14/h3-9,17H,15H2,1-2H3/b6-3+,10-9+,16-13-. The normalized spacial score (nSPS) is 12.9. The molecule has 0 atom stereocenters. The second-order valence-corrected chi connectivity index (χ2v) is 3.46. The van der Waals surface area contributed by atoms with Crippen molar-refractivity contribution in [1.29, 1.82) is 0 Å². The van der Waals surface area contributed by atoms with Crippen molar-refractivity contribution in [2.45, 2.75) is 13.8 Å². The first-order valence-corrected chi connectivity index (χ1v) is 5.43. The minimum atomic E-state index is -0.438. The number of nitrogens with two attached hydrogens (primary N) is 1. The second-order valence-electron chi connectivity index (χ2n) is 3.46. The van der Waals surface area contributed by atoms with Gasteiger partial charge in [-0.2, -0.15) is 0 Å². The highest BCUT2D eigenvalue weighted by molar-refractivity contribution is 5.89. The minimum absolute atomic E-state index is 0.126. The molecule has 0 saturated heterocycles. The summed E-state index contributed by atoms with van der Waals surface area (Å²) in [5.41, 5.74) is 3.10. The van der Waals surface area contributed by atoms with E-state index in [9.17, 15) is 4.39 Å². The minimum Gasteiger partial charge on any atom is -0.436 e. The van der Waals surface area contributed by atoms with Gasteiger partial charge in [0.25, 0.3) is 0 Å². The summed E-state index contributed by atoms with van der Waals surface area (Å²) in [4.78, 5) is 4.06. The lowest BCUT2D eigenvalue weighted by Crippen LogP contribution is -2.18. The molecule has 0 bridgehead atoms. The molecule has 0 heterocycles. The predicted molar refractivity (Wildman–Crippen MR) is 70.4 cm³/mol. The van der Waals surface area contributed by atoms with Gasteiger partial charge in [0.15, 0.2) is 11.6 Å². The quantitative estimate of drug-likeness (QED) is 0.373. The highest BCUT2D eigenvalue weighted by Gasteiger charge is 2.03. The van der Waals surface area contributed by atoms with Gasteiger partial charge in [-0.15, -0.1) is 0 Å². The van der Waals surface area contributed by atoms with Crippen molar-refractivity contribution in [3.8, 4) is 5.75 Å². The first-order chi connectivity index (χ1) is 8.67. The average Bonchev–Trinajstić information content (AvgIpc) is 2.38. The van der Waals surface area contributed by atoms with Crippen LogP contribution in [0.25, 0.3) is 0 Å². The summed E-state index contributed by atoms with van der Waals surface area (Å²) in [6, 6.07) is 6.14. The number of aliphatic imine (C=N–C) groups is 1. The van der Waals surface area contributed by atoms with Gasteiger partial charge in [-0.3, -0.25) is 5.84 Å². The maximum absolute atomic E-state index is 13.4. The van der Waals surface area contributed by atoms with Crippen LogP contribution in [-0.2, 0) is 0 Å². The molecular weight excluding hydrogens is 233 g/mol. The van der Waals surface area contributed by atoms with Gasteiger partial charge in [-0.05, 0) is 32.1 Å². The molecule has 0 aromatic heterocycles. The van der Waals surface area contributed by atoms with Crippen LogP contribution in [0, 0.1) is 5.82 Å². The number of para-hydroxylation sites is 1. The fourth-order valence-corrected chi connectivity index (χ4v) is 1.08. The zero-order chi connectivity index (χ0) is 13.4. The van der Waals surface area contributed by atoms with Crippen molar-refractivity contribution in [1.82, 2.24) is 5.43 Å². The Kier molecular flexibility index (Phi) is 5.60. The van der Waals surface area contributed by atoms with Crippen LogP contribution >= 0.6 is 0 Å². The molecule has 0 saturated carbocycles. The van der Waals surface area contributed by atoms with E-state index in [-0.39, 0.29) is 11.6 Å². The largest absolute Gasteiger partial charge is 0.436 e. The van der Waals surface area contributed by atoms with Crippen LogP contribution in [0.15, 0.2) is 53.3 Å². The second kappa shape index (κ2) is 7.24. The summed E-state index contributed by atoms with van der Waals surface area (Å²) in [5, 5.41) is 0. The van der Waals surface area contributed by atoms with E-state index in [0.29, 0.717) is 5.70 Å². The van der Waals surface area contributed by atoms with Gasteiger partial charge in [-0.1, -0.05) is 18.2 Å². The zero-order valence-corrected chi connectivity index (χ0v) is 10.4. The van der Waals surface area contributed by atoms with Crippen molar-refractivity contribution in [2.75, 3.05) is 0 Å². The molecule has 0 aliphatic carbocycles. The molecule has 5 heteroatoms. The maximum Gasteiger partial charge on any atom is 0.219 e. The van der Waals surface area contributed by atoms with Crippen LogP contribution in [-0.4, -0.2) is 5.90 Å². The van der Waals surface area contributed by atoms with Gasteiger partial charge in [0.2, 0.25) is 5.90 Å². The molecule has 1 rings (SSSR count). The Labute approximate surface area is 106 Å². The van der Waals surface area contributed by atoms with E-state index in [1.54, 1.807) is 31.2 Å². The van der Waals surface area contributed by atoms with Gasteiger partial charge in [0.1, 0.15) is 0 Å². The molecule has 1 aromatic rings. The fraction of sp³-hybridized carbons (Fsp3) is 0.154. The Bertz CT molecular complexity index is 481. The van der Waals surface area contributed by atoms with E-state index in [1.165, 1.54) is 18.3 Å². The van der Waals surface area contributed by atoms with Crippen molar-refractivity contribution < 1.29 is 9.13 Å². The number of hydrogen-bond acceptors (Lipinski definition) is 4. The van der Waals surface area contributed by atoms with E-state index < -0.39 is 5.82 Å². The molecule has 0 radical (unpaired) electrons. The highest BCUT2D eigenvalue weighted by atomic mass is 19.1. The topological polar surface area (TPSA) is 59.6 Å². The summed E-state index contributed by atoms with van der Waals surface area (Å²) in [5.74, 6) is 5.17. The third-order valence-corrected chi connectivity index (χ3v) is 1.97. The van der Waals surface area contributed by atoms with Crippen molar-refractivity contribution in [2.24, 2.45) is 10.8 Å². The Morgan fingerprint density at radius 1 is 1.44 bits per heavy atom. The number of benzene rings is 1. The zero-order valence-electron chi connectivity index (χ0n) is 10.4. The van der Waals surface area contributed by atoms with Crippen LogP contribution in [0.5, 0.6) is 5.75 Å². The van der Waals surface area contributed by atoms with Gasteiger partial charge in [-0.25, -0.2) is 9.38 Å². The number of nitrogens with one attached hydrogen (secondary N) is 1. The molecule has 0 spiro atoms. The van der Waals surface area contributed by atoms with Crippen molar-refractivity contribution in [3.05, 3.63) is 54.1 Å². The van der Waals surface area contributed by atoms with E-state index >= 15 is 0 Å². The average molecular weight is 249 g/mol. The highest BCUT2D eigenvalue weighted by Crippen LogP contribution is 2.16. The summed E-state index contributed by atoms with van der Waals surface area (Å²) in [7, 11) is 0. The van der Waals surface area contributed by atoms with E-state index in [2.05, 4.69) is 10.4 Å². The van der Waals surface area contributed by atoms with Gasteiger partial charge in [0.05, 0.1) is 6.20 Å². The van der Waals surface area contributed by atoms with Crippen LogP contribution in [0.4, 0.5) is 4.39 Å². The smallest absolute Gasteiger partial charge is 0.219 e. The van der Waals surface area contributed by atoms with E-state index in [4.69, 9.17) is 10.6 Å². The van der Waals surface area contributed by atoms with Crippen LogP contribution in [0.2, 0.25) is 0 Å². The third kappa shape index (κ3) is 4.39. The van der Waals surface area contributed by atoms with Crippen LogP contribution in [0.1, 0.15) is 13.8 Å². The molecule has 1 aromatic carbocycles. The first kappa shape index (κ1) is 13.9. The molecule has 0 amide bonds. The number of rotatable bonds is 4. The summed E-state index contributed by atoms with van der Waals surface area (Å²) in [6.07, 6.45) is 4.88. The van der Waals surface area contributed by atoms with Gasteiger partial charge >= 0.3 is 0 Å². The first-order valence-electron chi connectivity index (χ1n) is 5.43. The molecule has 96 valence electrons. The number of hydrogen-bond donors (Lipinski definition) is 2. The lowest BCUT2D eigenvalue weighted by atomic mass is 10.3. The Balaban J connectivity index is 2.91. The molecule has 0 aliphatic heterocycles. The van der Waals surface area contributed by atoms with Crippen LogP contribution in [0.3, 0.4) is 0 Å². The number of ether oxygens (including phenoxy) is 1. The molecule has 3 N–H and O–H groups in total. The Morgan fingerprint density at radius 3 is 2.78 bits per heavy atom. The molecule has 0 unspecified atom stereocenters. The third-order valence-electron chi connectivity index (χ3n) is 1.97. The maximum atomic E-state index is 13.4. The summed E-state index contributed by atoms with van der Waals surface area (Å²) < 4.78 is 18.8. The number of hydrazine groups is 1. The van der Waals surface area contributed by atoms with Gasteiger partial charge in [0, 0.05) is 5.70 Å².